The highest BCUT2D eigenvalue weighted by molar-refractivity contribution is 5.89. The molecule has 2 rings (SSSR count). The normalized spacial score (nSPS) is 24.4. The van der Waals surface area contributed by atoms with Crippen molar-refractivity contribution in [3.8, 4) is 0 Å². The molecule has 1 fully saturated rings. The average molecular weight is 290 g/mol. The third kappa shape index (κ3) is 4.44. The maximum atomic E-state index is 12.0. The number of piperidine rings is 1. The van der Waals surface area contributed by atoms with E-state index in [0.29, 0.717) is 6.04 Å². The predicted molar refractivity (Wildman–Crippen MR) is 86.3 cm³/mol. The number of nitrogens with zero attached hydrogens (tertiary/aromatic N) is 1. The Bertz CT molecular complexity index is 472. The minimum absolute atomic E-state index is 0.00796. The zero-order chi connectivity index (χ0) is 15.4. The van der Waals surface area contributed by atoms with Crippen LogP contribution in [0.25, 0.3) is 0 Å². The largest absolute Gasteiger partial charge is 0.335 e. The lowest BCUT2D eigenvalue weighted by atomic mass is 9.99. The first-order valence-corrected chi connectivity index (χ1v) is 7.59. The van der Waals surface area contributed by atoms with Crippen LogP contribution < -0.4 is 16.4 Å². The Morgan fingerprint density at radius 1 is 1.38 bits per heavy atom. The Labute approximate surface area is 126 Å². The Balaban J connectivity index is 1.84. The average Bonchev–Trinajstić information content (AvgIpc) is 2.43. The third-order valence-corrected chi connectivity index (χ3v) is 4.24. The smallest absolute Gasteiger partial charge is 0.319 e. The number of nitrogens with one attached hydrogen (secondary N) is 2. The van der Waals surface area contributed by atoms with Gasteiger partial charge in [-0.2, -0.15) is 0 Å². The maximum absolute atomic E-state index is 12.0. The fourth-order valence-corrected chi connectivity index (χ4v) is 2.64. The number of hydrogen-bond donors (Lipinski definition) is 3. The number of anilines is 1. The van der Waals surface area contributed by atoms with Crippen LogP contribution in [0.2, 0.25) is 0 Å². The van der Waals surface area contributed by atoms with Gasteiger partial charge < -0.3 is 21.3 Å². The van der Waals surface area contributed by atoms with Gasteiger partial charge in [-0.05, 0) is 51.4 Å². The summed E-state index contributed by atoms with van der Waals surface area (Å²) in [4.78, 5) is 14.3. The number of rotatable bonds is 3. The molecule has 0 aromatic heterocycles. The van der Waals surface area contributed by atoms with E-state index in [9.17, 15) is 4.79 Å². The molecule has 0 saturated carbocycles. The molecule has 1 heterocycles. The van der Waals surface area contributed by atoms with Crippen molar-refractivity contribution in [2.24, 2.45) is 5.73 Å². The molecule has 1 saturated heterocycles. The van der Waals surface area contributed by atoms with E-state index < -0.39 is 0 Å². The summed E-state index contributed by atoms with van der Waals surface area (Å²) in [5, 5.41) is 5.93. The molecular formula is C16H26N4O. The van der Waals surface area contributed by atoms with Crippen LogP contribution in [0.4, 0.5) is 10.5 Å². The molecule has 0 radical (unpaired) electrons. The van der Waals surface area contributed by atoms with E-state index in [4.69, 9.17) is 5.73 Å². The summed E-state index contributed by atoms with van der Waals surface area (Å²) in [7, 11) is 2.13. The number of carbonyl (C=O) groups excluding carboxylic acids is 1. The van der Waals surface area contributed by atoms with Gasteiger partial charge >= 0.3 is 6.03 Å². The van der Waals surface area contributed by atoms with Gasteiger partial charge in [-0.15, -0.1) is 0 Å². The van der Waals surface area contributed by atoms with Crippen molar-refractivity contribution in [2.45, 2.75) is 44.8 Å². The van der Waals surface area contributed by atoms with Crippen LogP contribution >= 0.6 is 0 Å². The molecule has 4 N–H and O–H groups in total. The second kappa shape index (κ2) is 6.91. The Morgan fingerprint density at radius 3 is 2.62 bits per heavy atom. The zero-order valence-corrected chi connectivity index (χ0v) is 13.1. The minimum atomic E-state index is -0.134. The lowest BCUT2D eigenvalue weighted by Gasteiger charge is -2.35. The summed E-state index contributed by atoms with van der Waals surface area (Å²) in [5.41, 5.74) is 7.66. The number of hydrogen-bond acceptors (Lipinski definition) is 3. The highest BCUT2D eigenvalue weighted by atomic mass is 16.2. The highest BCUT2D eigenvalue weighted by Crippen LogP contribution is 2.16. The second-order valence-electron chi connectivity index (χ2n) is 6.06. The molecule has 21 heavy (non-hydrogen) atoms. The van der Waals surface area contributed by atoms with Crippen LogP contribution in [0.3, 0.4) is 0 Å². The van der Waals surface area contributed by atoms with Crippen LogP contribution in [0.5, 0.6) is 0 Å². The van der Waals surface area contributed by atoms with Gasteiger partial charge in [0, 0.05) is 30.4 Å². The van der Waals surface area contributed by atoms with Crippen LogP contribution in [0.1, 0.15) is 38.3 Å². The van der Waals surface area contributed by atoms with Gasteiger partial charge in [0.2, 0.25) is 0 Å². The summed E-state index contributed by atoms with van der Waals surface area (Å²) < 4.78 is 0. The van der Waals surface area contributed by atoms with Crippen LogP contribution in [0.15, 0.2) is 24.3 Å². The van der Waals surface area contributed by atoms with Gasteiger partial charge in [-0.3, -0.25) is 0 Å². The molecule has 1 aliphatic rings. The number of benzene rings is 1. The van der Waals surface area contributed by atoms with E-state index in [-0.39, 0.29) is 18.1 Å². The van der Waals surface area contributed by atoms with Crippen molar-refractivity contribution in [3.63, 3.8) is 0 Å². The van der Waals surface area contributed by atoms with Gasteiger partial charge in [0.15, 0.2) is 0 Å². The highest BCUT2D eigenvalue weighted by Gasteiger charge is 2.23. The lowest BCUT2D eigenvalue weighted by Crippen LogP contribution is -2.48. The zero-order valence-electron chi connectivity index (χ0n) is 13.1. The molecule has 3 atom stereocenters. The molecule has 116 valence electrons. The molecule has 3 unspecified atom stereocenters. The van der Waals surface area contributed by atoms with Crippen molar-refractivity contribution < 1.29 is 4.79 Å². The lowest BCUT2D eigenvalue weighted by molar-refractivity contribution is 0.170. The number of amides is 2. The Morgan fingerprint density at radius 2 is 2.05 bits per heavy atom. The number of likely N-dealkylation sites (tertiary alicyclic amines) is 1. The Hall–Kier alpha value is -1.59. The van der Waals surface area contributed by atoms with Gasteiger partial charge in [-0.25, -0.2) is 4.79 Å². The van der Waals surface area contributed by atoms with Crippen molar-refractivity contribution in [1.29, 1.82) is 0 Å². The third-order valence-electron chi connectivity index (χ3n) is 4.24. The van der Waals surface area contributed by atoms with Crippen molar-refractivity contribution in [1.82, 2.24) is 10.2 Å². The number of nitrogens with two attached hydrogens (primary N) is 1. The molecule has 1 aliphatic heterocycles. The van der Waals surface area contributed by atoms with E-state index in [1.54, 1.807) is 0 Å². The van der Waals surface area contributed by atoms with Crippen LogP contribution in [-0.2, 0) is 0 Å². The second-order valence-corrected chi connectivity index (χ2v) is 6.06. The quantitative estimate of drug-likeness (QED) is 0.800. The number of carbonyl (C=O) groups is 1. The first kappa shape index (κ1) is 15.8. The van der Waals surface area contributed by atoms with Crippen LogP contribution in [0, 0.1) is 0 Å². The van der Waals surface area contributed by atoms with E-state index in [1.165, 1.54) is 0 Å². The van der Waals surface area contributed by atoms with Crippen molar-refractivity contribution in [2.75, 3.05) is 18.9 Å². The maximum Gasteiger partial charge on any atom is 0.319 e. The van der Waals surface area contributed by atoms with E-state index in [2.05, 4.69) is 29.5 Å². The van der Waals surface area contributed by atoms with Gasteiger partial charge in [0.25, 0.3) is 0 Å². The molecule has 0 aliphatic carbocycles. The SMILES string of the molecule is CC(N)c1ccc(NC(=O)NC2CCN(C)C(C)C2)cc1. The molecule has 1 aromatic carbocycles. The van der Waals surface area contributed by atoms with Crippen molar-refractivity contribution in [3.05, 3.63) is 29.8 Å². The standard InChI is InChI=1S/C16H26N4O/c1-11-10-15(8-9-20(11)3)19-16(21)18-14-6-4-13(5-7-14)12(2)17/h4-7,11-12,15H,8-10,17H2,1-3H3,(H2,18,19,21). The molecule has 1 aromatic rings. The molecular weight excluding hydrogens is 264 g/mol. The van der Waals surface area contributed by atoms with Gasteiger partial charge in [0.1, 0.15) is 0 Å². The van der Waals surface area contributed by atoms with E-state index in [1.807, 2.05) is 31.2 Å². The Kier molecular flexibility index (Phi) is 5.20. The summed E-state index contributed by atoms with van der Waals surface area (Å²) in [5.74, 6) is 0. The summed E-state index contributed by atoms with van der Waals surface area (Å²) in [6.45, 7) is 5.16. The molecule has 0 spiro atoms. The molecule has 2 amide bonds. The van der Waals surface area contributed by atoms with E-state index >= 15 is 0 Å². The van der Waals surface area contributed by atoms with Crippen LogP contribution in [-0.4, -0.2) is 36.6 Å². The number of urea groups is 1. The molecule has 5 heteroatoms. The molecule has 0 bridgehead atoms. The van der Waals surface area contributed by atoms with Gasteiger partial charge in [-0.1, -0.05) is 12.1 Å². The van der Waals surface area contributed by atoms with Gasteiger partial charge in [0.05, 0.1) is 0 Å². The fourth-order valence-electron chi connectivity index (χ4n) is 2.64. The summed E-state index contributed by atoms with van der Waals surface area (Å²) in [6.07, 6.45) is 1.99. The minimum Gasteiger partial charge on any atom is -0.335 e. The first-order chi connectivity index (χ1) is 9.95. The fraction of sp³-hybridized carbons (Fsp3) is 0.562. The molecule has 5 nitrogen and oxygen atoms in total. The van der Waals surface area contributed by atoms with Crippen molar-refractivity contribution >= 4 is 11.7 Å². The summed E-state index contributed by atoms with van der Waals surface area (Å²) >= 11 is 0. The monoisotopic (exact) mass is 290 g/mol. The topological polar surface area (TPSA) is 70.4 Å². The summed E-state index contributed by atoms with van der Waals surface area (Å²) in [6, 6.07) is 8.29. The van der Waals surface area contributed by atoms with E-state index in [0.717, 1.165) is 30.6 Å². The first-order valence-electron chi connectivity index (χ1n) is 7.59. The predicted octanol–water partition coefficient (Wildman–Crippen LogP) is 2.31.